The molecule has 1 aromatic carbocycles. The molecule has 5 nitrogen and oxygen atoms in total. The summed E-state index contributed by atoms with van der Waals surface area (Å²) in [5.41, 5.74) is 1.42. The Morgan fingerprint density at radius 2 is 1.62 bits per heavy atom. The molecule has 0 bridgehead atoms. The molecule has 0 fully saturated rings. The molecule has 1 heterocycles. The van der Waals surface area contributed by atoms with Crippen molar-refractivity contribution in [3.8, 4) is 28.4 Å². The number of furan rings is 1. The van der Waals surface area contributed by atoms with E-state index < -0.39 is 0 Å². The number of rotatable bonds is 6. The lowest BCUT2D eigenvalue weighted by atomic mass is 10.1. The van der Waals surface area contributed by atoms with Crippen molar-refractivity contribution in [3.05, 3.63) is 24.5 Å². The molecule has 0 aliphatic heterocycles. The second kappa shape index (κ2) is 6.43. The molecule has 21 heavy (non-hydrogen) atoms. The summed E-state index contributed by atoms with van der Waals surface area (Å²) in [4.78, 5) is 1.81. The summed E-state index contributed by atoms with van der Waals surface area (Å²) < 4.78 is 16.5. The van der Waals surface area contributed by atoms with Crippen molar-refractivity contribution in [2.45, 2.75) is 13.8 Å². The molecule has 0 saturated carbocycles. The summed E-state index contributed by atoms with van der Waals surface area (Å²) in [6.45, 7) is 4.97. The summed E-state index contributed by atoms with van der Waals surface area (Å²) in [6.07, 6.45) is 1.33. The molecule has 0 saturated heterocycles. The van der Waals surface area contributed by atoms with Crippen molar-refractivity contribution in [1.29, 1.82) is 0 Å². The fourth-order valence-electron chi connectivity index (χ4n) is 2.16. The lowest BCUT2D eigenvalue weighted by Crippen LogP contribution is -2.08. The third kappa shape index (κ3) is 3.24. The van der Waals surface area contributed by atoms with Crippen LogP contribution < -0.4 is 14.4 Å². The van der Waals surface area contributed by atoms with E-state index in [1.807, 2.05) is 51.0 Å². The summed E-state index contributed by atoms with van der Waals surface area (Å²) in [7, 11) is 3.72. The van der Waals surface area contributed by atoms with Crippen molar-refractivity contribution >= 4 is 5.88 Å². The molecule has 0 amide bonds. The van der Waals surface area contributed by atoms with Gasteiger partial charge in [-0.2, -0.15) is 0 Å². The lowest BCUT2D eigenvalue weighted by molar-refractivity contribution is 0.323. The third-order valence-electron chi connectivity index (χ3n) is 2.95. The normalized spacial score (nSPS) is 10.5. The van der Waals surface area contributed by atoms with Gasteiger partial charge in [0.15, 0.2) is 5.75 Å². The van der Waals surface area contributed by atoms with Gasteiger partial charge >= 0.3 is 0 Å². The highest BCUT2D eigenvalue weighted by Crippen LogP contribution is 2.42. The highest BCUT2D eigenvalue weighted by atomic mass is 16.5. The molecule has 5 heteroatoms. The van der Waals surface area contributed by atoms with Crippen molar-refractivity contribution < 1.29 is 19.0 Å². The monoisotopic (exact) mass is 291 g/mol. The van der Waals surface area contributed by atoms with Crippen LogP contribution in [0.1, 0.15) is 13.8 Å². The van der Waals surface area contributed by atoms with Gasteiger partial charge in [-0.25, -0.2) is 0 Å². The van der Waals surface area contributed by atoms with E-state index in [-0.39, 0.29) is 5.75 Å². The predicted octanol–water partition coefficient (Wildman–Crippen LogP) is 3.52. The predicted molar refractivity (Wildman–Crippen MR) is 82.5 cm³/mol. The minimum Gasteiger partial charge on any atom is -0.504 e. The first-order valence-corrected chi connectivity index (χ1v) is 6.95. The largest absolute Gasteiger partial charge is 0.504 e. The van der Waals surface area contributed by atoms with E-state index in [1.54, 1.807) is 0 Å². The van der Waals surface area contributed by atoms with Crippen molar-refractivity contribution in [2.24, 2.45) is 0 Å². The van der Waals surface area contributed by atoms with Crippen LogP contribution in [0.2, 0.25) is 0 Å². The zero-order valence-corrected chi connectivity index (χ0v) is 12.8. The van der Waals surface area contributed by atoms with Gasteiger partial charge in [0, 0.05) is 20.2 Å². The van der Waals surface area contributed by atoms with Gasteiger partial charge < -0.3 is 23.9 Å². The van der Waals surface area contributed by atoms with Crippen molar-refractivity contribution in [2.75, 3.05) is 32.2 Å². The van der Waals surface area contributed by atoms with E-state index in [9.17, 15) is 5.11 Å². The zero-order chi connectivity index (χ0) is 15.4. The Bertz CT molecular complexity index is 580. The molecule has 1 aromatic heterocycles. The van der Waals surface area contributed by atoms with E-state index in [2.05, 4.69) is 0 Å². The Balaban J connectivity index is 2.54. The van der Waals surface area contributed by atoms with Gasteiger partial charge in [-0.15, -0.1) is 0 Å². The van der Waals surface area contributed by atoms with Crippen LogP contribution in [-0.4, -0.2) is 32.4 Å². The molecule has 2 rings (SSSR count). The van der Waals surface area contributed by atoms with E-state index in [1.165, 1.54) is 6.26 Å². The van der Waals surface area contributed by atoms with Crippen LogP contribution in [0.25, 0.3) is 11.1 Å². The van der Waals surface area contributed by atoms with Gasteiger partial charge in [0.2, 0.25) is 5.88 Å². The molecular weight excluding hydrogens is 270 g/mol. The first-order chi connectivity index (χ1) is 10.1. The second-order valence-electron chi connectivity index (χ2n) is 4.75. The van der Waals surface area contributed by atoms with Gasteiger partial charge in [0.25, 0.3) is 0 Å². The number of ether oxygens (including phenoxy) is 2. The number of aromatic hydroxyl groups is 1. The fraction of sp³-hybridized carbons (Fsp3) is 0.375. The third-order valence-corrected chi connectivity index (χ3v) is 2.95. The molecule has 0 unspecified atom stereocenters. The summed E-state index contributed by atoms with van der Waals surface area (Å²) in [5.74, 6) is 2.07. The van der Waals surface area contributed by atoms with Gasteiger partial charge in [0.05, 0.1) is 18.8 Å². The van der Waals surface area contributed by atoms with Crippen LogP contribution in [0.15, 0.2) is 28.9 Å². The molecule has 0 spiro atoms. The first kappa shape index (κ1) is 15.1. The van der Waals surface area contributed by atoms with Crippen LogP contribution in [0.4, 0.5) is 5.88 Å². The molecule has 1 N–H and O–H groups in total. The van der Waals surface area contributed by atoms with Crippen LogP contribution in [0.3, 0.4) is 0 Å². The Morgan fingerprint density at radius 1 is 1.05 bits per heavy atom. The number of benzene rings is 1. The average molecular weight is 291 g/mol. The lowest BCUT2D eigenvalue weighted by Gasteiger charge is -2.14. The Labute approximate surface area is 124 Å². The van der Waals surface area contributed by atoms with Crippen LogP contribution in [0.5, 0.6) is 17.2 Å². The highest BCUT2D eigenvalue weighted by Gasteiger charge is 2.18. The maximum atomic E-state index is 10.1. The highest BCUT2D eigenvalue weighted by molar-refractivity contribution is 5.81. The standard InChI is InChI=1S/C16H21NO4/c1-5-19-12-7-11(8-13(9-12)20-6-2)15-14(18)10-21-16(15)17(3)4/h7-10,18H,5-6H2,1-4H3. The SMILES string of the molecule is CCOc1cc(OCC)cc(-c2c(O)coc2N(C)C)c1. The first-order valence-electron chi connectivity index (χ1n) is 6.95. The number of hydrogen-bond donors (Lipinski definition) is 1. The van der Waals surface area contributed by atoms with Crippen molar-refractivity contribution in [3.63, 3.8) is 0 Å². The van der Waals surface area contributed by atoms with Crippen LogP contribution in [0, 0.1) is 0 Å². The maximum Gasteiger partial charge on any atom is 0.206 e. The van der Waals surface area contributed by atoms with Crippen LogP contribution >= 0.6 is 0 Å². The summed E-state index contributed by atoms with van der Waals surface area (Å²) in [6, 6.07) is 5.57. The molecule has 2 aromatic rings. The maximum absolute atomic E-state index is 10.1. The Hall–Kier alpha value is -2.30. The van der Waals surface area contributed by atoms with E-state index in [4.69, 9.17) is 13.9 Å². The Morgan fingerprint density at radius 3 is 2.10 bits per heavy atom. The number of nitrogens with zero attached hydrogens (tertiary/aromatic N) is 1. The summed E-state index contributed by atoms with van der Waals surface area (Å²) in [5, 5.41) is 10.1. The molecule has 0 aliphatic rings. The quantitative estimate of drug-likeness (QED) is 0.882. The number of anilines is 1. The van der Waals surface area contributed by atoms with E-state index in [0.29, 0.717) is 36.2 Å². The molecule has 0 aliphatic carbocycles. The molecule has 0 atom stereocenters. The minimum atomic E-state index is 0.0924. The molecule has 114 valence electrons. The Kier molecular flexibility index (Phi) is 4.62. The molecule has 0 radical (unpaired) electrons. The minimum absolute atomic E-state index is 0.0924. The van der Waals surface area contributed by atoms with E-state index >= 15 is 0 Å². The second-order valence-corrected chi connectivity index (χ2v) is 4.75. The van der Waals surface area contributed by atoms with Gasteiger partial charge in [-0.1, -0.05) is 0 Å². The van der Waals surface area contributed by atoms with Crippen LogP contribution in [-0.2, 0) is 0 Å². The average Bonchev–Trinajstić information content (AvgIpc) is 2.81. The zero-order valence-electron chi connectivity index (χ0n) is 12.8. The van der Waals surface area contributed by atoms with Crippen molar-refractivity contribution in [1.82, 2.24) is 0 Å². The number of hydrogen-bond acceptors (Lipinski definition) is 5. The topological polar surface area (TPSA) is 55.1 Å². The molecular formula is C16H21NO4. The van der Waals surface area contributed by atoms with Gasteiger partial charge in [-0.05, 0) is 31.5 Å². The van der Waals surface area contributed by atoms with E-state index in [0.717, 1.165) is 5.56 Å². The smallest absolute Gasteiger partial charge is 0.206 e. The van der Waals surface area contributed by atoms with Gasteiger partial charge in [0.1, 0.15) is 17.8 Å². The summed E-state index contributed by atoms with van der Waals surface area (Å²) >= 11 is 0. The van der Waals surface area contributed by atoms with Gasteiger partial charge in [-0.3, -0.25) is 0 Å². The fourth-order valence-corrected chi connectivity index (χ4v) is 2.16.